The number of nitrogens with one attached hydrogen (secondary N) is 1. The van der Waals surface area contributed by atoms with E-state index in [9.17, 15) is 23.9 Å². The molecular formula is C25H24ClFN4O5. The van der Waals surface area contributed by atoms with Crippen LogP contribution in [0.2, 0.25) is 5.02 Å². The number of para-hydroxylation sites is 1. The molecule has 1 aliphatic carbocycles. The molecule has 0 radical (unpaired) electrons. The summed E-state index contributed by atoms with van der Waals surface area (Å²) in [5, 5.41) is 13.3. The minimum Gasteiger partial charge on any atom is -0.396 e. The van der Waals surface area contributed by atoms with E-state index in [-0.39, 0.29) is 42.1 Å². The third-order valence-corrected chi connectivity index (χ3v) is 7.39. The number of likely N-dealkylation sites (tertiary alicyclic amines) is 1. The number of benzene rings is 2. The Hall–Kier alpha value is -3.63. The summed E-state index contributed by atoms with van der Waals surface area (Å²) in [4.78, 5) is 44.5. The van der Waals surface area contributed by atoms with Gasteiger partial charge in [0.15, 0.2) is 0 Å². The van der Waals surface area contributed by atoms with Gasteiger partial charge >= 0.3 is 6.09 Å². The van der Waals surface area contributed by atoms with Gasteiger partial charge in [0.1, 0.15) is 11.9 Å². The first-order valence-corrected chi connectivity index (χ1v) is 11.8. The van der Waals surface area contributed by atoms with Crippen LogP contribution in [0.1, 0.15) is 24.0 Å². The van der Waals surface area contributed by atoms with Gasteiger partial charge in [0.25, 0.3) is 0 Å². The zero-order valence-electron chi connectivity index (χ0n) is 19.1. The number of hydrogen-bond donors (Lipinski definition) is 3. The molecule has 3 atom stereocenters. The molecule has 2 fully saturated rings. The quantitative estimate of drug-likeness (QED) is 0.445. The van der Waals surface area contributed by atoms with E-state index < -0.39 is 29.3 Å². The lowest BCUT2D eigenvalue weighted by Crippen LogP contribution is -2.48. The number of fused-ring (bicyclic) bond motifs is 2. The summed E-state index contributed by atoms with van der Waals surface area (Å²) in [5.74, 6) is -1.34. The van der Waals surface area contributed by atoms with Gasteiger partial charge in [-0.1, -0.05) is 41.9 Å². The molecule has 2 heterocycles. The highest BCUT2D eigenvalue weighted by molar-refractivity contribution is 6.30. The van der Waals surface area contributed by atoms with Crippen LogP contribution in [-0.4, -0.2) is 51.3 Å². The normalized spacial score (nSPS) is 22.4. The predicted octanol–water partition coefficient (Wildman–Crippen LogP) is 2.15. The topological polar surface area (TPSA) is 127 Å². The second-order valence-electron chi connectivity index (χ2n) is 9.28. The lowest BCUT2D eigenvalue weighted by Gasteiger charge is -2.27. The zero-order chi connectivity index (χ0) is 25.6. The summed E-state index contributed by atoms with van der Waals surface area (Å²) in [5.41, 5.74) is 6.04. The van der Waals surface area contributed by atoms with Crippen LogP contribution in [-0.2, 0) is 22.6 Å². The Morgan fingerprint density at radius 2 is 1.94 bits per heavy atom. The number of primary amides is 1. The molecular weight excluding hydrogens is 491 g/mol. The van der Waals surface area contributed by atoms with Gasteiger partial charge in [-0.3, -0.25) is 9.59 Å². The SMILES string of the molecule is NC(=O)On1cc(CC(=O)N2[C@H](C(=O)NCc3cccc(Cl)c3F)C[C@@]3(CO)C[C@@H]23)c2ccccc21. The Morgan fingerprint density at radius 3 is 2.69 bits per heavy atom. The molecule has 1 saturated heterocycles. The largest absolute Gasteiger partial charge is 0.429 e. The number of rotatable bonds is 7. The van der Waals surface area contributed by atoms with Gasteiger partial charge in [-0.2, -0.15) is 4.73 Å². The average Bonchev–Trinajstić information content (AvgIpc) is 3.32. The minimum atomic E-state index is -0.994. The van der Waals surface area contributed by atoms with Crippen molar-refractivity contribution in [2.75, 3.05) is 6.61 Å². The summed E-state index contributed by atoms with van der Waals surface area (Å²) in [6, 6.07) is 10.5. The van der Waals surface area contributed by atoms with Crippen LogP contribution in [0.25, 0.3) is 10.9 Å². The fraction of sp³-hybridized carbons (Fsp3) is 0.320. The molecule has 1 saturated carbocycles. The van der Waals surface area contributed by atoms with Crippen molar-refractivity contribution in [2.24, 2.45) is 11.1 Å². The van der Waals surface area contributed by atoms with Gasteiger partial charge in [0.2, 0.25) is 11.8 Å². The van der Waals surface area contributed by atoms with E-state index in [1.54, 1.807) is 30.3 Å². The van der Waals surface area contributed by atoms with Crippen molar-refractivity contribution in [1.29, 1.82) is 0 Å². The first-order chi connectivity index (χ1) is 17.2. The number of carbonyl (C=O) groups is 3. The van der Waals surface area contributed by atoms with Crippen LogP contribution in [0.15, 0.2) is 48.7 Å². The molecule has 0 unspecified atom stereocenters. The van der Waals surface area contributed by atoms with Crippen LogP contribution in [0.4, 0.5) is 9.18 Å². The smallest absolute Gasteiger partial charge is 0.396 e. The minimum absolute atomic E-state index is 0.0422. The number of aromatic nitrogens is 1. The zero-order valence-corrected chi connectivity index (χ0v) is 19.9. The second kappa shape index (κ2) is 9.11. The van der Waals surface area contributed by atoms with Gasteiger partial charge in [-0.25, -0.2) is 9.18 Å². The van der Waals surface area contributed by atoms with Crippen LogP contribution in [0.3, 0.4) is 0 Å². The molecule has 4 N–H and O–H groups in total. The van der Waals surface area contributed by atoms with Crippen molar-refractivity contribution in [3.63, 3.8) is 0 Å². The van der Waals surface area contributed by atoms with E-state index in [0.717, 1.165) is 0 Å². The molecule has 9 nitrogen and oxygen atoms in total. The van der Waals surface area contributed by atoms with Gasteiger partial charge in [-0.15, -0.1) is 0 Å². The van der Waals surface area contributed by atoms with Crippen molar-refractivity contribution in [3.05, 3.63) is 70.6 Å². The van der Waals surface area contributed by atoms with E-state index in [4.69, 9.17) is 22.2 Å². The molecule has 0 bridgehead atoms. The Labute approximate surface area is 210 Å². The molecule has 1 aromatic heterocycles. The van der Waals surface area contributed by atoms with Crippen molar-refractivity contribution in [2.45, 2.75) is 37.9 Å². The summed E-state index contributed by atoms with van der Waals surface area (Å²) in [6.07, 6.45) is 1.39. The number of aliphatic hydroxyl groups excluding tert-OH is 1. The first kappa shape index (κ1) is 24.1. The molecule has 2 aliphatic rings. The molecule has 2 aromatic carbocycles. The number of amides is 3. The van der Waals surface area contributed by atoms with E-state index in [1.807, 2.05) is 0 Å². The Balaban J connectivity index is 1.36. The predicted molar refractivity (Wildman–Crippen MR) is 128 cm³/mol. The van der Waals surface area contributed by atoms with Gasteiger partial charge in [-0.05, 0) is 30.5 Å². The maximum Gasteiger partial charge on any atom is 0.429 e. The number of halogens is 2. The van der Waals surface area contributed by atoms with E-state index >= 15 is 0 Å². The van der Waals surface area contributed by atoms with E-state index in [1.165, 1.54) is 28.0 Å². The van der Waals surface area contributed by atoms with Crippen molar-refractivity contribution in [1.82, 2.24) is 14.9 Å². The highest BCUT2D eigenvalue weighted by atomic mass is 35.5. The lowest BCUT2D eigenvalue weighted by molar-refractivity contribution is -0.139. The second-order valence-corrected chi connectivity index (χ2v) is 9.68. The lowest BCUT2D eigenvalue weighted by atomic mass is 10.00. The number of nitrogens with two attached hydrogens (primary N) is 1. The molecule has 1 aliphatic heterocycles. The van der Waals surface area contributed by atoms with Gasteiger partial charge in [0.05, 0.1) is 23.6 Å². The van der Waals surface area contributed by atoms with Gasteiger partial charge < -0.3 is 25.9 Å². The Bertz CT molecular complexity index is 1380. The number of aliphatic hydroxyl groups is 1. The molecule has 11 heteroatoms. The van der Waals surface area contributed by atoms with Crippen LogP contribution < -0.4 is 15.9 Å². The van der Waals surface area contributed by atoms with Crippen LogP contribution >= 0.6 is 11.6 Å². The molecule has 0 spiro atoms. The number of carbonyl (C=O) groups excluding carboxylic acids is 3. The summed E-state index contributed by atoms with van der Waals surface area (Å²) in [7, 11) is 0. The summed E-state index contributed by atoms with van der Waals surface area (Å²) < 4.78 is 15.5. The van der Waals surface area contributed by atoms with E-state index in [0.29, 0.717) is 29.3 Å². The van der Waals surface area contributed by atoms with Crippen molar-refractivity contribution >= 4 is 40.4 Å². The Kier molecular flexibility index (Phi) is 6.09. The maximum atomic E-state index is 14.2. The highest BCUT2D eigenvalue weighted by Gasteiger charge is 2.66. The highest BCUT2D eigenvalue weighted by Crippen LogP contribution is 2.59. The molecule has 188 valence electrons. The summed E-state index contributed by atoms with van der Waals surface area (Å²) in [6.45, 7) is -0.224. The van der Waals surface area contributed by atoms with Crippen molar-refractivity contribution in [3.8, 4) is 0 Å². The number of piperidine rings is 1. The van der Waals surface area contributed by atoms with Crippen molar-refractivity contribution < 1.29 is 28.7 Å². The fourth-order valence-electron chi connectivity index (χ4n) is 5.21. The van der Waals surface area contributed by atoms with Gasteiger partial charge in [0, 0.05) is 35.1 Å². The Morgan fingerprint density at radius 1 is 1.17 bits per heavy atom. The fourth-order valence-corrected chi connectivity index (χ4v) is 5.41. The molecule has 3 amide bonds. The molecule has 5 rings (SSSR count). The van der Waals surface area contributed by atoms with E-state index in [2.05, 4.69) is 5.32 Å². The first-order valence-electron chi connectivity index (χ1n) is 11.4. The monoisotopic (exact) mass is 514 g/mol. The average molecular weight is 515 g/mol. The summed E-state index contributed by atoms with van der Waals surface area (Å²) >= 11 is 5.83. The third kappa shape index (κ3) is 4.16. The molecule has 36 heavy (non-hydrogen) atoms. The number of hydrogen-bond acceptors (Lipinski definition) is 5. The van der Waals surface area contributed by atoms with Crippen LogP contribution in [0, 0.1) is 11.2 Å². The van der Waals surface area contributed by atoms with Crippen LogP contribution in [0.5, 0.6) is 0 Å². The maximum absolute atomic E-state index is 14.2. The standard InChI is InChI=1S/C25H24ClFN4O5/c26-17-6-3-4-14(22(17)27)11-29-23(34)19-9-25(13-32)10-20(25)31(19)21(33)8-15-12-30(36-24(28)35)18-7-2-1-5-16(15)18/h1-7,12,19-20,32H,8-11,13H2,(H2,28,35)(H,29,34)/t19-,20+,25-/m0/s1. The number of nitrogens with zero attached hydrogens (tertiary/aromatic N) is 2. The molecule has 3 aromatic rings. The third-order valence-electron chi connectivity index (χ3n) is 7.10.